The van der Waals surface area contributed by atoms with Crippen LogP contribution in [0.5, 0.6) is 5.75 Å². The third-order valence-corrected chi connectivity index (χ3v) is 4.43. The lowest BCUT2D eigenvalue weighted by molar-refractivity contribution is -0.185. The molecule has 144 valence electrons. The van der Waals surface area contributed by atoms with Crippen molar-refractivity contribution in [1.29, 1.82) is 0 Å². The van der Waals surface area contributed by atoms with Crippen molar-refractivity contribution in [1.82, 2.24) is 0 Å². The number of hydrogen-bond acceptors (Lipinski definition) is 3. The molecule has 2 rings (SSSR count). The summed E-state index contributed by atoms with van der Waals surface area (Å²) in [5, 5.41) is 11.2. The highest BCUT2D eigenvalue weighted by Crippen LogP contribution is 2.40. The van der Waals surface area contributed by atoms with Crippen molar-refractivity contribution in [3.05, 3.63) is 24.3 Å². The zero-order valence-electron chi connectivity index (χ0n) is 14.2. The van der Waals surface area contributed by atoms with E-state index in [1.165, 1.54) is 0 Å². The Labute approximate surface area is 149 Å². The quantitative estimate of drug-likeness (QED) is 0.701. The van der Waals surface area contributed by atoms with Gasteiger partial charge in [-0.05, 0) is 49.9 Å². The predicted molar refractivity (Wildman–Crippen MR) is 88.9 cm³/mol. The Bertz CT molecular complexity index is 616. The second-order valence-corrected chi connectivity index (χ2v) is 6.46. The van der Waals surface area contributed by atoms with E-state index in [0.29, 0.717) is 30.7 Å². The number of hydrogen-bond donors (Lipinski definition) is 2. The Hall–Kier alpha value is -2.25. The summed E-state index contributed by atoms with van der Waals surface area (Å²) in [5.41, 5.74) is 0.488. The van der Waals surface area contributed by atoms with E-state index in [1.807, 2.05) is 0 Å². The van der Waals surface area contributed by atoms with Crippen LogP contribution in [-0.4, -0.2) is 29.8 Å². The van der Waals surface area contributed by atoms with Gasteiger partial charge in [0, 0.05) is 18.0 Å². The Morgan fingerprint density at radius 3 is 2.50 bits per heavy atom. The highest BCUT2D eigenvalue weighted by molar-refractivity contribution is 5.92. The first-order chi connectivity index (χ1) is 12.3. The van der Waals surface area contributed by atoms with Gasteiger partial charge in [-0.3, -0.25) is 9.59 Å². The summed E-state index contributed by atoms with van der Waals surface area (Å²) in [6.07, 6.45) is -3.07. The molecule has 0 heterocycles. The summed E-state index contributed by atoms with van der Waals surface area (Å²) >= 11 is 0. The lowest BCUT2D eigenvalue weighted by Crippen LogP contribution is -2.34. The van der Waals surface area contributed by atoms with Crippen LogP contribution in [0.3, 0.4) is 0 Å². The van der Waals surface area contributed by atoms with Gasteiger partial charge >= 0.3 is 12.1 Å². The number of anilines is 1. The van der Waals surface area contributed by atoms with Crippen LogP contribution in [-0.2, 0) is 9.59 Å². The van der Waals surface area contributed by atoms with E-state index in [0.717, 1.165) is 0 Å². The molecule has 1 aliphatic carbocycles. The number of benzene rings is 1. The van der Waals surface area contributed by atoms with Gasteiger partial charge in [0.1, 0.15) is 5.75 Å². The highest BCUT2D eigenvalue weighted by Gasteiger charge is 2.43. The summed E-state index contributed by atoms with van der Waals surface area (Å²) in [6, 6.07) is 6.45. The minimum atomic E-state index is -4.25. The molecule has 2 N–H and O–H groups in total. The minimum Gasteiger partial charge on any atom is -0.494 e. The molecule has 5 nitrogen and oxygen atoms in total. The van der Waals surface area contributed by atoms with Gasteiger partial charge < -0.3 is 15.2 Å². The van der Waals surface area contributed by atoms with Gasteiger partial charge in [0.25, 0.3) is 0 Å². The summed E-state index contributed by atoms with van der Waals surface area (Å²) in [7, 11) is 0. The zero-order chi connectivity index (χ0) is 19.2. The van der Waals surface area contributed by atoms with Gasteiger partial charge in [0.05, 0.1) is 12.5 Å². The van der Waals surface area contributed by atoms with Crippen molar-refractivity contribution in [2.75, 3.05) is 11.9 Å². The minimum absolute atomic E-state index is 0.0223. The third kappa shape index (κ3) is 6.24. The number of nitrogens with one attached hydrogen (secondary N) is 1. The number of aliphatic carboxylic acids is 1. The maximum absolute atomic E-state index is 12.8. The summed E-state index contributed by atoms with van der Waals surface area (Å²) < 4.78 is 43.9. The van der Waals surface area contributed by atoms with Crippen LogP contribution in [0.2, 0.25) is 0 Å². The van der Waals surface area contributed by atoms with Crippen LogP contribution < -0.4 is 10.1 Å². The molecule has 1 amide bonds. The van der Waals surface area contributed by atoms with Crippen molar-refractivity contribution >= 4 is 17.6 Å². The Balaban J connectivity index is 1.82. The fraction of sp³-hybridized carbons (Fsp3) is 0.556. The van der Waals surface area contributed by atoms with Crippen molar-refractivity contribution in [2.45, 2.75) is 44.7 Å². The van der Waals surface area contributed by atoms with Gasteiger partial charge in [0.2, 0.25) is 5.91 Å². The van der Waals surface area contributed by atoms with E-state index >= 15 is 0 Å². The molecular formula is C18H22F3NO4. The lowest BCUT2D eigenvalue weighted by atomic mass is 9.80. The Kier molecular flexibility index (Phi) is 6.88. The van der Waals surface area contributed by atoms with Crippen LogP contribution in [0.1, 0.15) is 38.5 Å². The number of carboxylic acids is 1. The van der Waals surface area contributed by atoms with E-state index in [1.54, 1.807) is 24.3 Å². The summed E-state index contributed by atoms with van der Waals surface area (Å²) in [5.74, 6) is -2.80. The number of carbonyl (C=O) groups excluding carboxylic acids is 1. The van der Waals surface area contributed by atoms with Crippen LogP contribution in [0, 0.1) is 11.8 Å². The van der Waals surface area contributed by atoms with Crippen molar-refractivity contribution in [3.8, 4) is 5.75 Å². The topological polar surface area (TPSA) is 75.6 Å². The van der Waals surface area contributed by atoms with E-state index in [-0.39, 0.29) is 25.9 Å². The van der Waals surface area contributed by atoms with Crippen LogP contribution in [0.4, 0.5) is 18.9 Å². The van der Waals surface area contributed by atoms with Gasteiger partial charge in [-0.1, -0.05) is 6.42 Å². The summed E-state index contributed by atoms with van der Waals surface area (Å²) in [4.78, 5) is 22.6. The van der Waals surface area contributed by atoms with E-state index in [2.05, 4.69) is 5.32 Å². The monoisotopic (exact) mass is 373 g/mol. The van der Waals surface area contributed by atoms with Crippen LogP contribution >= 0.6 is 0 Å². The molecule has 0 bridgehead atoms. The number of carboxylic acid groups (broad SMARTS) is 1. The normalized spacial score (nSPS) is 20.4. The first kappa shape index (κ1) is 20.1. The van der Waals surface area contributed by atoms with Crippen molar-refractivity contribution in [2.24, 2.45) is 11.8 Å². The number of ether oxygens (including phenoxy) is 1. The molecule has 1 aliphatic rings. The summed E-state index contributed by atoms with van der Waals surface area (Å²) in [6.45, 7) is 0.263. The first-order valence-corrected chi connectivity index (χ1v) is 8.58. The van der Waals surface area contributed by atoms with Gasteiger partial charge in [-0.15, -0.1) is 0 Å². The third-order valence-electron chi connectivity index (χ3n) is 4.43. The molecule has 0 aliphatic heterocycles. The Morgan fingerprint density at radius 2 is 1.88 bits per heavy atom. The SMILES string of the molecule is O=C(O)CCCOc1ccc(NC(=O)C2CCCC(C(F)(F)F)C2)cc1. The number of amides is 1. The first-order valence-electron chi connectivity index (χ1n) is 8.58. The molecule has 2 atom stereocenters. The second-order valence-electron chi connectivity index (χ2n) is 6.46. The molecule has 1 aromatic carbocycles. The molecule has 1 saturated carbocycles. The average Bonchev–Trinajstić information content (AvgIpc) is 2.59. The maximum atomic E-state index is 12.8. The van der Waals surface area contributed by atoms with Gasteiger partial charge in [-0.25, -0.2) is 0 Å². The molecular weight excluding hydrogens is 351 g/mol. The van der Waals surface area contributed by atoms with E-state index in [4.69, 9.17) is 9.84 Å². The number of halogens is 3. The van der Waals surface area contributed by atoms with Crippen LogP contribution in [0.25, 0.3) is 0 Å². The zero-order valence-corrected chi connectivity index (χ0v) is 14.2. The predicted octanol–water partition coefficient (Wildman–Crippen LogP) is 4.24. The number of alkyl halides is 3. The smallest absolute Gasteiger partial charge is 0.391 e. The fourth-order valence-electron chi connectivity index (χ4n) is 3.02. The molecule has 26 heavy (non-hydrogen) atoms. The molecule has 0 spiro atoms. The number of carbonyl (C=O) groups is 2. The molecule has 8 heteroatoms. The average molecular weight is 373 g/mol. The van der Waals surface area contributed by atoms with Crippen molar-refractivity contribution < 1.29 is 32.6 Å². The van der Waals surface area contributed by atoms with Gasteiger partial charge in [0.15, 0.2) is 0 Å². The molecule has 0 radical (unpaired) electrons. The van der Waals surface area contributed by atoms with Gasteiger partial charge in [-0.2, -0.15) is 13.2 Å². The van der Waals surface area contributed by atoms with E-state index < -0.39 is 29.9 Å². The van der Waals surface area contributed by atoms with Crippen molar-refractivity contribution in [3.63, 3.8) is 0 Å². The maximum Gasteiger partial charge on any atom is 0.391 e. The van der Waals surface area contributed by atoms with Crippen LogP contribution in [0.15, 0.2) is 24.3 Å². The molecule has 1 aromatic rings. The molecule has 1 fully saturated rings. The largest absolute Gasteiger partial charge is 0.494 e. The Morgan fingerprint density at radius 1 is 1.19 bits per heavy atom. The number of rotatable bonds is 7. The highest BCUT2D eigenvalue weighted by atomic mass is 19.4. The second kappa shape index (κ2) is 8.91. The molecule has 2 unspecified atom stereocenters. The fourth-order valence-corrected chi connectivity index (χ4v) is 3.02. The van der Waals surface area contributed by atoms with E-state index in [9.17, 15) is 22.8 Å². The molecule has 0 saturated heterocycles. The lowest BCUT2D eigenvalue weighted by Gasteiger charge is -2.29. The standard InChI is InChI=1S/C18H22F3NO4/c19-18(20,21)13-4-1-3-12(11-13)17(25)22-14-6-8-15(9-7-14)26-10-2-5-16(23)24/h6-9,12-13H,1-5,10-11H2,(H,22,25)(H,23,24). The molecule has 0 aromatic heterocycles.